The normalized spacial score (nSPS) is 30.2. The highest BCUT2D eigenvalue weighted by Crippen LogP contribution is 2.25. The van der Waals surface area contributed by atoms with Gasteiger partial charge < -0.3 is 20.5 Å². The van der Waals surface area contributed by atoms with Crippen LogP contribution in [0.5, 0.6) is 0 Å². The first-order chi connectivity index (χ1) is 9.15. The van der Waals surface area contributed by atoms with E-state index in [1.165, 1.54) is 0 Å². The van der Waals surface area contributed by atoms with E-state index in [2.05, 4.69) is 10.6 Å². The van der Waals surface area contributed by atoms with E-state index >= 15 is 0 Å². The van der Waals surface area contributed by atoms with Gasteiger partial charge in [-0.3, -0.25) is 4.79 Å². The molecule has 0 aromatic carbocycles. The Morgan fingerprint density at radius 2 is 2.11 bits per heavy atom. The highest BCUT2D eigenvalue weighted by Gasteiger charge is 2.30. The summed E-state index contributed by atoms with van der Waals surface area (Å²) >= 11 is 0. The quantitative estimate of drug-likeness (QED) is 0.698. The van der Waals surface area contributed by atoms with Gasteiger partial charge in [-0.1, -0.05) is 0 Å². The minimum Gasteiger partial charge on any atom is -0.481 e. The Kier molecular flexibility index (Phi) is 5.01. The summed E-state index contributed by atoms with van der Waals surface area (Å²) < 4.78 is 5.47. The van der Waals surface area contributed by atoms with Gasteiger partial charge in [-0.25, -0.2) is 4.79 Å². The summed E-state index contributed by atoms with van der Waals surface area (Å²) in [4.78, 5) is 22.4. The average Bonchev–Trinajstić information content (AvgIpc) is 3.00. The fraction of sp³-hybridized carbons (Fsp3) is 0.846. The molecule has 2 rings (SSSR count). The molecule has 108 valence electrons. The number of carbonyl (C=O) groups excluding carboxylic acids is 1. The number of hydrogen-bond acceptors (Lipinski definition) is 3. The first-order valence-electron chi connectivity index (χ1n) is 7.04. The molecular formula is C13H22N2O4. The Hall–Kier alpha value is -1.30. The van der Waals surface area contributed by atoms with Gasteiger partial charge in [0.15, 0.2) is 0 Å². The molecule has 0 aromatic heterocycles. The van der Waals surface area contributed by atoms with Crippen molar-refractivity contribution in [2.24, 2.45) is 5.92 Å². The zero-order valence-corrected chi connectivity index (χ0v) is 11.1. The van der Waals surface area contributed by atoms with Crippen LogP contribution in [0, 0.1) is 5.92 Å². The Labute approximate surface area is 112 Å². The lowest BCUT2D eigenvalue weighted by Crippen LogP contribution is -2.42. The predicted octanol–water partition coefficient (Wildman–Crippen LogP) is 1.11. The summed E-state index contributed by atoms with van der Waals surface area (Å²) in [5.41, 5.74) is 0. The molecule has 1 aliphatic heterocycles. The number of nitrogens with one attached hydrogen (secondary N) is 2. The number of carbonyl (C=O) groups is 2. The minimum atomic E-state index is -0.761. The standard InChI is InChI=1S/C13H22N2O4/c16-12(17)9-3-4-10(8-9)15-13(18)14-6-5-11-2-1-7-19-11/h9-11H,1-8H2,(H,16,17)(H2,14,15,18)/t9-,10+,11?/m1/s1. The number of amides is 2. The van der Waals surface area contributed by atoms with Gasteiger partial charge in [-0.05, 0) is 38.5 Å². The molecule has 2 amide bonds. The third-order valence-electron chi connectivity index (χ3n) is 3.89. The zero-order valence-electron chi connectivity index (χ0n) is 11.1. The number of carboxylic acid groups (broad SMARTS) is 1. The molecule has 0 aromatic rings. The van der Waals surface area contributed by atoms with Crippen LogP contribution in [0.4, 0.5) is 4.79 Å². The van der Waals surface area contributed by atoms with Crippen LogP contribution in [0.15, 0.2) is 0 Å². The van der Waals surface area contributed by atoms with Crippen LogP contribution in [0.3, 0.4) is 0 Å². The molecule has 3 N–H and O–H groups in total. The molecule has 0 radical (unpaired) electrons. The van der Waals surface area contributed by atoms with Crippen LogP contribution in [-0.2, 0) is 9.53 Å². The van der Waals surface area contributed by atoms with Crippen molar-refractivity contribution in [3.8, 4) is 0 Å². The van der Waals surface area contributed by atoms with Gasteiger partial charge >= 0.3 is 12.0 Å². The van der Waals surface area contributed by atoms with Gasteiger partial charge in [0.1, 0.15) is 0 Å². The highest BCUT2D eigenvalue weighted by atomic mass is 16.5. The summed E-state index contributed by atoms with van der Waals surface area (Å²) in [5.74, 6) is -1.07. The lowest BCUT2D eigenvalue weighted by molar-refractivity contribution is -0.141. The SMILES string of the molecule is O=C(NCCC1CCCO1)N[C@H]1CC[C@@H](C(=O)O)C1. The van der Waals surface area contributed by atoms with Crippen molar-refractivity contribution in [2.45, 2.75) is 50.7 Å². The first-order valence-corrected chi connectivity index (χ1v) is 7.04. The largest absolute Gasteiger partial charge is 0.481 e. The summed E-state index contributed by atoms with van der Waals surface area (Å²) in [6.07, 6.45) is 5.24. The molecule has 3 atom stereocenters. The van der Waals surface area contributed by atoms with E-state index in [0.717, 1.165) is 32.3 Å². The maximum atomic E-state index is 11.6. The lowest BCUT2D eigenvalue weighted by Gasteiger charge is -2.14. The predicted molar refractivity (Wildman–Crippen MR) is 68.9 cm³/mol. The zero-order chi connectivity index (χ0) is 13.7. The molecule has 2 aliphatic rings. The number of hydrogen-bond donors (Lipinski definition) is 3. The molecule has 0 bridgehead atoms. The lowest BCUT2D eigenvalue weighted by atomic mass is 10.1. The van der Waals surface area contributed by atoms with E-state index in [4.69, 9.17) is 9.84 Å². The molecule has 1 saturated heterocycles. The maximum absolute atomic E-state index is 11.6. The molecule has 1 saturated carbocycles. The average molecular weight is 270 g/mol. The summed E-state index contributed by atoms with van der Waals surface area (Å²) in [7, 11) is 0. The van der Waals surface area contributed by atoms with Crippen molar-refractivity contribution in [1.82, 2.24) is 10.6 Å². The fourth-order valence-corrected chi connectivity index (χ4v) is 2.79. The van der Waals surface area contributed by atoms with Gasteiger partial charge in [0.2, 0.25) is 0 Å². The molecule has 2 fully saturated rings. The number of rotatable bonds is 5. The third-order valence-corrected chi connectivity index (χ3v) is 3.89. The third kappa shape index (κ3) is 4.38. The molecule has 6 heteroatoms. The summed E-state index contributed by atoms with van der Waals surface area (Å²) in [5, 5.41) is 14.5. The Bertz CT molecular complexity index is 329. The second-order valence-electron chi connectivity index (χ2n) is 5.37. The topological polar surface area (TPSA) is 87.7 Å². The number of aliphatic carboxylic acids is 1. The van der Waals surface area contributed by atoms with Crippen molar-refractivity contribution >= 4 is 12.0 Å². The molecule has 1 aliphatic carbocycles. The van der Waals surface area contributed by atoms with Gasteiger partial charge in [-0.2, -0.15) is 0 Å². The van der Waals surface area contributed by atoms with E-state index < -0.39 is 5.97 Å². The molecule has 1 heterocycles. The second kappa shape index (κ2) is 6.75. The van der Waals surface area contributed by atoms with E-state index in [9.17, 15) is 9.59 Å². The van der Waals surface area contributed by atoms with Crippen LogP contribution < -0.4 is 10.6 Å². The fourth-order valence-electron chi connectivity index (χ4n) is 2.79. The van der Waals surface area contributed by atoms with Crippen molar-refractivity contribution in [3.05, 3.63) is 0 Å². The van der Waals surface area contributed by atoms with Crippen molar-refractivity contribution in [2.75, 3.05) is 13.2 Å². The van der Waals surface area contributed by atoms with Gasteiger partial charge in [0.25, 0.3) is 0 Å². The minimum absolute atomic E-state index is 0.0103. The van der Waals surface area contributed by atoms with Crippen LogP contribution in [0.2, 0.25) is 0 Å². The first kappa shape index (κ1) is 14.1. The highest BCUT2D eigenvalue weighted by molar-refractivity contribution is 5.75. The van der Waals surface area contributed by atoms with Gasteiger partial charge in [0, 0.05) is 19.2 Å². The monoisotopic (exact) mass is 270 g/mol. The van der Waals surface area contributed by atoms with E-state index in [-0.39, 0.29) is 24.1 Å². The smallest absolute Gasteiger partial charge is 0.315 e. The Balaban J connectivity index is 1.58. The Morgan fingerprint density at radius 3 is 2.74 bits per heavy atom. The molecule has 6 nitrogen and oxygen atoms in total. The Morgan fingerprint density at radius 1 is 1.26 bits per heavy atom. The van der Waals surface area contributed by atoms with Crippen molar-refractivity contribution < 1.29 is 19.4 Å². The maximum Gasteiger partial charge on any atom is 0.315 e. The molecular weight excluding hydrogens is 248 g/mol. The van der Waals surface area contributed by atoms with Crippen LogP contribution in [0.25, 0.3) is 0 Å². The summed E-state index contributed by atoms with van der Waals surface area (Å²) in [6.45, 7) is 1.43. The van der Waals surface area contributed by atoms with E-state index in [1.54, 1.807) is 0 Å². The van der Waals surface area contributed by atoms with Crippen molar-refractivity contribution in [1.29, 1.82) is 0 Å². The number of ether oxygens (including phenoxy) is 1. The van der Waals surface area contributed by atoms with Crippen molar-refractivity contribution in [3.63, 3.8) is 0 Å². The molecule has 1 unspecified atom stereocenters. The van der Waals surface area contributed by atoms with E-state index in [1.807, 2.05) is 0 Å². The molecule has 19 heavy (non-hydrogen) atoms. The van der Waals surface area contributed by atoms with E-state index in [0.29, 0.717) is 19.4 Å². The van der Waals surface area contributed by atoms with Gasteiger partial charge in [0.05, 0.1) is 12.0 Å². The second-order valence-corrected chi connectivity index (χ2v) is 5.37. The van der Waals surface area contributed by atoms with Crippen LogP contribution >= 0.6 is 0 Å². The van der Waals surface area contributed by atoms with Crippen LogP contribution in [0.1, 0.15) is 38.5 Å². The molecule has 0 spiro atoms. The summed E-state index contributed by atoms with van der Waals surface area (Å²) in [6, 6.07) is -0.210. The number of urea groups is 1. The van der Waals surface area contributed by atoms with Gasteiger partial charge in [-0.15, -0.1) is 0 Å². The van der Waals surface area contributed by atoms with Crippen LogP contribution in [-0.4, -0.2) is 42.4 Å². The number of carboxylic acids is 1.